The zero-order valence-corrected chi connectivity index (χ0v) is 15.6. The molecule has 0 aliphatic carbocycles. The smallest absolute Gasteiger partial charge is 0.248 e. The molecule has 1 saturated heterocycles. The van der Waals surface area contributed by atoms with Crippen molar-refractivity contribution in [2.75, 3.05) is 37.7 Å². The van der Waals surface area contributed by atoms with Crippen molar-refractivity contribution >= 4 is 23.1 Å². The second kappa shape index (κ2) is 8.32. The van der Waals surface area contributed by atoms with Crippen molar-refractivity contribution in [3.05, 3.63) is 53.7 Å². The summed E-state index contributed by atoms with van der Waals surface area (Å²) in [5.74, 6) is 1.67. The monoisotopic (exact) mass is 384 g/mol. The number of nitrogens with zero attached hydrogens (tertiary/aromatic N) is 4. The fourth-order valence-electron chi connectivity index (χ4n) is 2.97. The number of piperazine rings is 1. The minimum atomic E-state index is -0.00218. The maximum atomic E-state index is 12.3. The van der Waals surface area contributed by atoms with E-state index in [0.29, 0.717) is 18.8 Å². The van der Waals surface area contributed by atoms with E-state index in [1.54, 1.807) is 17.5 Å². The Morgan fingerprint density at radius 2 is 2.07 bits per heavy atom. The van der Waals surface area contributed by atoms with Crippen molar-refractivity contribution in [3.63, 3.8) is 0 Å². The number of pyridine rings is 1. The summed E-state index contributed by atoms with van der Waals surface area (Å²) in [6.07, 6.45) is 1.79. The van der Waals surface area contributed by atoms with Crippen molar-refractivity contribution in [2.24, 2.45) is 0 Å². The molecule has 3 aromatic heterocycles. The molecule has 0 atom stereocenters. The molecule has 4 rings (SSSR count). The fraction of sp³-hybridized carbons (Fsp3) is 0.316. The SMILES string of the molecule is O=C(COCc1cc(-c2cccs2)on1)N1CCN(c2ccccn2)CC1. The largest absolute Gasteiger partial charge is 0.365 e. The van der Waals surface area contributed by atoms with Crippen LogP contribution in [-0.4, -0.2) is 53.7 Å². The Labute approximate surface area is 161 Å². The van der Waals surface area contributed by atoms with Gasteiger partial charge >= 0.3 is 0 Å². The highest BCUT2D eigenvalue weighted by Gasteiger charge is 2.21. The lowest BCUT2D eigenvalue weighted by Gasteiger charge is -2.35. The van der Waals surface area contributed by atoms with Crippen molar-refractivity contribution in [1.82, 2.24) is 15.0 Å². The lowest BCUT2D eigenvalue weighted by atomic mass is 10.3. The molecule has 27 heavy (non-hydrogen) atoms. The summed E-state index contributed by atoms with van der Waals surface area (Å²) in [7, 11) is 0. The van der Waals surface area contributed by atoms with E-state index in [9.17, 15) is 4.79 Å². The Balaban J connectivity index is 1.21. The van der Waals surface area contributed by atoms with Crippen LogP contribution in [0, 0.1) is 0 Å². The number of carbonyl (C=O) groups excluding carboxylic acids is 1. The van der Waals surface area contributed by atoms with E-state index in [1.165, 1.54) is 0 Å². The summed E-state index contributed by atoms with van der Waals surface area (Å²) in [5.41, 5.74) is 0.686. The third kappa shape index (κ3) is 4.35. The summed E-state index contributed by atoms with van der Waals surface area (Å²) in [6, 6.07) is 11.7. The van der Waals surface area contributed by atoms with Crippen molar-refractivity contribution in [2.45, 2.75) is 6.61 Å². The van der Waals surface area contributed by atoms with E-state index in [0.717, 1.165) is 29.5 Å². The quantitative estimate of drug-likeness (QED) is 0.651. The van der Waals surface area contributed by atoms with E-state index < -0.39 is 0 Å². The topological polar surface area (TPSA) is 71.7 Å². The highest BCUT2D eigenvalue weighted by molar-refractivity contribution is 7.13. The van der Waals surface area contributed by atoms with Crippen LogP contribution in [0.5, 0.6) is 0 Å². The number of anilines is 1. The number of rotatable bonds is 6. The van der Waals surface area contributed by atoms with E-state index in [-0.39, 0.29) is 19.1 Å². The minimum absolute atomic E-state index is 0.00218. The summed E-state index contributed by atoms with van der Waals surface area (Å²) in [6.45, 7) is 3.20. The van der Waals surface area contributed by atoms with Crippen molar-refractivity contribution in [1.29, 1.82) is 0 Å². The first-order valence-corrected chi connectivity index (χ1v) is 9.68. The summed E-state index contributed by atoms with van der Waals surface area (Å²) < 4.78 is 10.9. The minimum Gasteiger partial charge on any atom is -0.365 e. The molecule has 0 spiro atoms. The molecule has 0 bridgehead atoms. The number of aromatic nitrogens is 2. The zero-order chi connectivity index (χ0) is 18.5. The number of thiophene rings is 1. The highest BCUT2D eigenvalue weighted by atomic mass is 32.1. The first-order valence-electron chi connectivity index (χ1n) is 8.80. The van der Waals surface area contributed by atoms with E-state index in [4.69, 9.17) is 9.26 Å². The van der Waals surface area contributed by atoms with Crippen LogP contribution >= 0.6 is 11.3 Å². The van der Waals surface area contributed by atoms with Gasteiger partial charge in [-0.25, -0.2) is 4.98 Å². The highest BCUT2D eigenvalue weighted by Crippen LogP contribution is 2.25. The number of hydrogen-bond donors (Lipinski definition) is 0. The molecule has 7 nitrogen and oxygen atoms in total. The Bertz CT molecular complexity index is 858. The predicted molar refractivity (Wildman–Crippen MR) is 103 cm³/mol. The maximum Gasteiger partial charge on any atom is 0.248 e. The van der Waals surface area contributed by atoms with Gasteiger partial charge in [-0.1, -0.05) is 17.3 Å². The molecule has 140 valence electrons. The average Bonchev–Trinajstić information content (AvgIpc) is 3.40. The molecule has 1 amide bonds. The van der Waals surface area contributed by atoms with Gasteiger partial charge in [0.05, 0.1) is 11.5 Å². The molecule has 1 aliphatic rings. The Morgan fingerprint density at radius 3 is 2.81 bits per heavy atom. The lowest BCUT2D eigenvalue weighted by Crippen LogP contribution is -2.50. The van der Waals surface area contributed by atoms with Gasteiger partial charge in [0.2, 0.25) is 5.91 Å². The third-order valence-electron chi connectivity index (χ3n) is 4.40. The fourth-order valence-corrected chi connectivity index (χ4v) is 3.65. The molecule has 3 aromatic rings. The molecular weight excluding hydrogens is 364 g/mol. The van der Waals surface area contributed by atoms with Gasteiger partial charge in [0.1, 0.15) is 18.1 Å². The van der Waals surface area contributed by atoms with Crippen LogP contribution in [0.15, 0.2) is 52.5 Å². The standard InChI is InChI=1S/C19H20N4O3S/c24-19(23-9-7-22(8-10-23)18-5-1-2-6-20-18)14-25-13-15-12-16(26-21-15)17-4-3-11-27-17/h1-6,11-12H,7-10,13-14H2. The second-order valence-corrected chi connectivity index (χ2v) is 7.16. The number of hydrogen-bond acceptors (Lipinski definition) is 7. The van der Waals surface area contributed by atoms with Crippen molar-refractivity contribution in [3.8, 4) is 10.6 Å². The van der Waals surface area contributed by atoms with Crippen LogP contribution in [0.4, 0.5) is 5.82 Å². The molecule has 8 heteroatoms. The van der Waals surface area contributed by atoms with Gasteiger partial charge in [-0.2, -0.15) is 0 Å². The molecule has 0 radical (unpaired) electrons. The molecule has 0 unspecified atom stereocenters. The number of ether oxygens (including phenoxy) is 1. The van der Waals surface area contributed by atoms with Crippen LogP contribution in [0.2, 0.25) is 0 Å². The van der Waals surface area contributed by atoms with Gasteiger partial charge < -0.3 is 19.1 Å². The summed E-state index contributed by atoms with van der Waals surface area (Å²) in [5, 5.41) is 5.98. The maximum absolute atomic E-state index is 12.3. The van der Waals surface area contributed by atoms with E-state index in [2.05, 4.69) is 15.0 Å². The Morgan fingerprint density at radius 1 is 1.19 bits per heavy atom. The second-order valence-electron chi connectivity index (χ2n) is 6.21. The van der Waals surface area contributed by atoms with Gasteiger partial charge in [0, 0.05) is 38.4 Å². The van der Waals surface area contributed by atoms with Gasteiger partial charge in [0.15, 0.2) is 5.76 Å². The van der Waals surface area contributed by atoms with Crippen LogP contribution in [0.1, 0.15) is 5.69 Å². The van der Waals surface area contributed by atoms with Gasteiger partial charge in [0.25, 0.3) is 0 Å². The predicted octanol–water partition coefficient (Wildman–Crippen LogP) is 2.66. The summed E-state index contributed by atoms with van der Waals surface area (Å²) in [4.78, 5) is 21.7. The first-order chi connectivity index (χ1) is 13.3. The molecule has 0 N–H and O–H groups in total. The Kier molecular flexibility index (Phi) is 5.45. The van der Waals surface area contributed by atoms with Crippen LogP contribution in [0.25, 0.3) is 10.6 Å². The molecule has 0 saturated carbocycles. The molecule has 0 aromatic carbocycles. The van der Waals surface area contributed by atoms with Crippen LogP contribution in [0.3, 0.4) is 0 Å². The van der Waals surface area contributed by atoms with E-state index >= 15 is 0 Å². The zero-order valence-electron chi connectivity index (χ0n) is 14.8. The van der Waals surface area contributed by atoms with Crippen LogP contribution in [-0.2, 0) is 16.1 Å². The molecule has 1 fully saturated rings. The van der Waals surface area contributed by atoms with Crippen molar-refractivity contribution < 1.29 is 14.1 Å². The average molecular weight is 384 g/mol. The Hall–Kier alpha value is -2.71. The number of carbonyl (C=O) groups is 1. The van der Waals surface area contributed by atoms with E-state index in [1.807, 2.05) is 46.7 Å². The molecule has 4 heterocycles. The molecule has 1 aliphatic heterocycles. The lowest BCUT2D eigenvalue weighted by molar-refractivity contribution is -0.136. The van der Waals surface area contributed by atoms with Gasteiger partial charge in [-0.3, -0.25) is 4.79 Å². The third-order valence-corrected chi connectivity index (χ3v) is 5.29. The van der Waals surface area contributed by atoms with Gasteiger partial charge in [-0.05, 0) is 23.6 Å². The molecular formula is C19H20N4O3S. The van der Waals surface area contributed by atoms with Gasteiger partial charge in [-0.15, -0.1) is 11.3 Å². The van der Waals surface area contributed by atoms with Crippen LogP contribution < -0.4 is 4.90 Å². The first kappa shape index (κ1) is 17.7. The normalized spacial score (nSPS) is 14.5. The number of amides is 1. The summed E-state index contributed by atoms with van der Waals surface area (Å²) >= 11 is 1.59.